The Morgan fingerprint density at radius 1 is 1.39 bits per heavy atom. The van der Waals surface area contributed by atoms with Crippen LogP contribution >= 0.6 is 40.2 Å². The average Bonchev–Trinajstić information content (AvgIpc) is 3.53. The summed E-state index contributed by atoms with van der Waals surface area (Å²) >= 11 is 3.58. The lowest BCUT2D eigenvalue weighted by Gasteiger charge is -2.16. The molecule has 0 spiro atoms. The number of halogens is 2. The molecule has 1 atom stereocenters. The number of anilines is 1. The third-order valence-corrected chi connectivity index (χ3v) is 8.07. The van der Waals surface area contributed by atoms with E-state index < -0.39 is 11.4 Å². The van der Waals surface area contributed by atoms with Gasteiger partial charge in [-0.3, -0.25) is 4.79 Å². The fraction of sp³-hybridized carbons (Fsp3) is 0.300. The molecule has 1 aromatic carbocycles. The Hall–Kier alpha value is -1.78. The van der Waals surface area contributed by atoms with Crippen molar-refractivity contribution in [1.29, 1.82) is 0 Å². The van der Waals surface area contributed by atoms with E-state index in [9.17, 15) is 4.79 Å². The number of nitrogens with zero attached hydrogens (tertiary/aromatic N) is 4. The largest absolute Gasteiger partial charge is 0.372 e. The van der Waals surface area contributed by atoms with E-state index in [1.807, 2.05) is 10.7 Å². The van der Waals surface area contributed by atoms with Crippen LogP contribution in [0.25, 0.3) is 33.1 Å². The summed E-state index contributed by atoms with van der Waals surface area (Å²) in [5.74, 6) is 0.141. The van der Waals surface area contributed by atoms with Gasteiger partial charge in [0.25, 0.3) is 5.56 Å². The van der Waals surface area contributed by atoms with E-state index in [2.05, 4.69) is 60.4 Å². The minimum Gasteiger partial charge on any atom is -0.372 e. The van der Waals surface area contributed by atoms with Gasteiger partial charge in [0.15, 0.2) is 11.0 Å². The zero-order chi connectivity index (χ0) is 21.9. The predicted molar refractivity (Wildman–Crippen MR) is 135 cm³/mol. The maximum Gasteiger partial charge on any atom is 0.261 e. The SMILES string of the molecule is CNc1nc(SC)nc2c(F)c(-c3c(C4CC4)c(C)cc4c3cnn4PI)[nH]c(=O)c12. The van der Waals surface area contributed by atoms with Crippen molar-refractivity contribution in [3.05, 3.63) is 39.6 Å². The highest BCUT2D eigenvalue weighted by molar-refractivity contribution is 14.2. The molecule has 160 valence electrons. The van der Waals surface area contributed by atoms with Crippen molar-refractivity contribution < 1.29 is 4.39 Å². The molecular weight excluding hydrogens is 549 g/mol. The molecule has 3 aromatic heterocycles. The number of rotatable bonds is 5. The van der Waals surface area contributed by atoms with Crippen LogP contribution in [-0.2, 0) is 0 Å². The topological polar surface area (TPSA) is 88.5 Å². The van der Waals surface area contributed by atoms with Crippen LogP contribution in [-0.4, -0.2) is 37.8 Å². The lowest BCUT2D eigenvalue weighted by atomic mass is 9.92. The summed E-state index contributed by atoms with van der Waals surface area (Å²) in [5, 5.41) is 8.78. The summed E-state index contributed by atoms with van der Waals surface area (Å²) < 4.78 is 18.0. The molecule has 0 bridgehead atoms. The maximum atomic E-state index is 16.1. The summed E-state index contributed by atoms with van der Waals surface area (Å²) in [7, 11) is 1.66. The van der Waals surface area contributed by atoms with Gasteiger partial charge in [-0.1, -0.05) is 11.8 Å². The van der Waals surface area contributed by atoms with Gasteiger partial charge >= 0.3 is 0 Å². The lowest BCUT2D eigenvalue weighted by Crippen LogP contribution is -2.15. The monoisotopic (exact) mass is 568 g/mol. The molecule has 1 saturated carbocycles. The number of fused-ring (bicyclic) bond motifs is 2. The first-order valence-corrected chi connectivity index (χ1v) is 15.0. The first kappa shape index (κ1) is 21.1. The van der Waals surface area contributed by atoms with Crippen LogP contribution in [0.5, 0.6) is 0 Å². The molecule has 3 heterocycles. The van der Waals surface area contributed by atoms with Crippen molar-refractivity contribution in [1.82, 2.24) is 24.5 Å². The van der Waals surface area contributed by atoms with Crippen molar-refractivity contribution in [2.24, 2.45) is 0 Å². The molecule has 0 radical (unpaired) electrons. The van der Waals surface area contributed by atoms with E-state index in [1.165, 1.54) is 11.8 Å². The van der Waals surface area contributed by atoms with Gasteiger partial charge in [0, 0.05) is 18.0 Å². The van der Waals surface area contributed by atoms with E-state index in [-0.39, 0.29) is 16.6 Å². The summed E-state index contributed by atoms with van der Waals surface area (Å²) in [6.07, 6.45) is 6.13. The standard InChI is InChI=1S/C20H19FIN6OPS/c1-8-6-11-10(7-24-28(11)30-22)13(12(8)9-4-5-9)16-15(21)17-14(19(29)25-16)18(23-2)27-20(26-17)31-3/h6-7,9,30H,4-5H2,1-3H3,(H,25,29)(H,23,26,27). The number of nitrogens with one attached hydrogen (secondary N) is 2. The van der Waals surface area contributed by atoms with Crippen molar-refractivity contribution in [3.8, 4) is 11.3 Å². The molecular formula is C20H19FIN6OPS. The van der Waals surface area contributed by atoms with Crippen molar-refractivity contribution >= 4 is 67.8 Å². The molecule has 0 saturated heterocycles. The van der Waals surface area contributed by atoms with Crippen LogP contribution in [0.15, 0.2) is 22.2 Å². The van der Waals surface area contributed by atoms with Gasteiger partial charge in [0.2, 0.25) is 0 Å². The van der Waals surface area contributed by atoms with Crippen molar-refractivity contribution in [2.45, 2.75) is 30.8 Å². The molecule has 11 heteroatoms. The van der Waals surface area contributed by atoms with Crippen molar-refractivity contribution in [2.75, 3.05) is 18.6 Å². The molecule has 7 nitrogen and oxygen atoms in total. The Balaban J connectivity index is 1.92. The Bertz CT molecular complexity index is 1420. The highest BCUT2D eigenvalue weighted by Crippen LogP contribution is 2.49. The van der Waals surface area contributed by atoms with Gasteiger partial charge in [0.05, 0.1) is 23.8 Å². The minimum atomic E-state index is -0.540. The average molecular weight is 568 g/mol. The number of aryl methyl sites for hydroxylation is 1. The Kier molecular flexibility index (Phi) is 5.42. The third kappa shape index (κ3) is 3.34. The first-order valence-electron chi connectivity index (χ1n) is 9.72. The second-order valence-corrected chi connectivity index (χ2v) is 10.3. The number of hydrogen-bond donors (Lipinski definition) is 2. The molecule has 0 aliphatic heterocycles. The quantitative estimate of drug-likeness (QED) is 0.149. The molecule has 1 aliphatic rings. The van der Waals surface area contributed by atoms with Crippen LogP contribution in [0.2, 0.25) is 0 Å². The van der Waals surface area contributed by atoms with E-state index in [0.717, 1.165) is 40.4 Å². The van der Waals surface area contributed by atoms with Gasteiger partial charge in [-0.25, -0.2) is 18.8 Å². The van der Waals surface area contributed by atoms with Crippen LogP contribution in [0.1, 0.15) is 29.9 Å². The number of hydrogen-bond acceptors (Lipinski definition) is 6. The molecule has 0 amide bonds. The normalized spacial score (nSPS) is 14.4. The molecule has 2 N–H and O–H groups in total. The number of benzene rings is 1. The predicted octanol–water partition coefficient (Wildman–Crippen LogP) is 5.21. The minimum absolute atomic E-state index is 0.0296. The Labute approximate surface area is 196 Å². The van der Waals surface area contributed by atoms with Crippen LogP contribution in [0.4, 0.5) is 10.2 Å². The lowest BCUT2D eigenvalue weighted by molar-refractivity contribution is 0.632. The molecule has 1 fully saturated rings. The number of H-pyrrole nitrogens is 1. The summed E-state index contributed by atoms with van der Waals surface area (Å²) in [6, 6.07) is 2.12. The Morgan fingerprint density at radius 3 is 2.81 bits per heavy atom. The summed E-state index contributed by atoms with van der Waals surface area (Å²) in [6.45, 7) is 2.05. The van der Waals surface area contributed by atoms with E-state index in [4.69, 9.17) is 0 Å². The molecule has 5 rings (SSSR count). The molecule has 1 unspecified atom stereocenters. The van der Waals surface area contributed by atoms with Crippen LogP contribution in [0, 0.1) is 12.7 Å². The number of thioether (sulfide) groups is 1. The number of pyridine rings is 1. The van der Waals surface area contributed by atoms with Gasteiger partial charge in [-0.2, -0.15) is 5.10 Å². The van der Waals surface area contributed by atoms with Gasteiger partial charge < -0.3 is 10.3 Å². The van der Waals surface area contributed by atoms with Crippen molar-refractivity contribution in [3.63, 3.8) is 0 Å². The first-order chi connectivity index (χ1) is 15.0. The van der Waals surface area contributed by atoms with Crippen LogP contribution < -0.4 is 10.9 Å². The molecule has 1 aliphatic carbocycles. The summed E-state index contributed by atoms with van der Waals surface area (Å²) in [5.41, 5.74) is 3.64. The second-order valence-electron chi connectivity index (χ2n) is 7.51. The second kappa shape index (κ2) is 7.97. The number of aromatic nitrogens is 5. The van der Waals surface area contributed by atoms with E-state index in [1.54, 1.807) is 13.2 Å². The Morgan fingerprint density at radius 2 is 2.16 bits per heavy atom. The van der Waals surface area contributed by atoms with Gasteiger partial charge in [-0.05, 0) is 71.2 Å². The van der Waals surface area contributed by atoms with Crippen LogP contribution in [0.3, 0.4) is 0 Å². The third-order valence-electron chi connectivity index (χ3n) is 5.64. The molecule has 4 aromatic rings. The molecule has 31 heavy (non-hydrogen) atoms. The summed E-state index contributed by atoms with van der Waals surface area (Å²) in [4.78, 5) is 24.6. The fourth-order valence-electron chi connectivity index (χ4n) is 4.16. The zero-order valence-corrected chi connectivity index (χ0v) is 21.0. The number of aromatic amines is 1. The fourth-order valence-corrected chi connectivity index (χ4v) is 6.05. The van der Waals surface area contributed by atoms with Gasteiger partial charge in [-0.15, -0.1) is 0 Å². The highest BCUT2D eigenvalue weighted by atomic mass is 127. The highest BCUT2D eigenvalue weighted by Gasteiger charge is 2.32. The zero-order valence-electron chi connectivity index (χ0n) is 17.0. The smallest absolute Gasteiger partial charge is 0.261 e. The van der Waals surface area contributed by atoms with Gasteiger partial charge in [0.1, 0.15) is 16.7 Å². The van der Waals surface area contributed by atoms with E-state index in [0.29, 0.717) is 23.3 Å². The van der Waals surface area contributed by atoms with E-state index >= 15 is 4.39 Å². The maximum absolute atomic E-state index is 16.1.